The molecule has 0 aliphatic heterocycles. The van der Waals surface area contributed by atoms with E-state index in [1.165, 1.54) is 55.6 Å². The Hall–Kier alpha value is -0.417. The molecular weight excluding hydrogens is 355 g/mol. The van der Waals surface area contributed by atoms with E-state index in [0.29, 0.717) is 0 Å². The van der Waals surface area contributed by atoms with Crippen LogP contribution in [0.5, 0.6) is 0 Å². The van der Waals surface area contributed by atoms with E-state index in [1.807, 2.05) is 0 Å². The Kier molecular flexibility index (Phi) is 12.5. The quantitative estimate of drug-likeness (QED) is 0.433. The molecule has 0 unspecified atom stereocenters. The molecule has 0 spiro atoms. The van der Waals surface area contributed by atoms with Crippen LogP contribution in [0.3, 0.4) is 0 Å². The van der Waals surface area contributed by atoms with E-state index in [1.54, 1.807) is 0 Å². The molecule has 2 aromatic rings. The molecule has 0 aliphatic rings. The molecule has 2 aromatic carbocycles. The molecule has 0 bridgehead atoms. The van der Waals surface area contributed by atoms with Gasteiger partial charge in [-0.25, -0.2) is 34.6 Å². The zero-order valence-electron chi connectivity index (χ0n) is 17.5. The van der Waals surface area contributed by atoms with E-state index in [0.717, 1.165) is 0 Å². The van der Waals surface area contributed by atoms with Crippen molar-refractivity contribution in [3.8, 4) is 0 Å². The van der Waals surface area contributed by atoms with E-state index >= 15 is 0 Å². The van der Waals surface area contributed by atoms with Crippen LogP contribution < -0.4 is 0 Å². The molecule has 0 saturated carbocycles. The van der Waals surface area contributed by atoms with Gasteiger partial charge in [0.05, 0.1) is 0 Å². The van der Waals surface area contributed by atoms with Crippen LogP contribution >= 0.6 is 0 Å². The van der Waals surface area contributed by atoms with Crippen molar-refractivity contribution in [2.75, 3.05) is 0 Å². The van der Waals surface area contributed by atoms with E-state index in [9.17, 15) is 0 Å². The first-order valence-electron chi connectivity index (χ1n) is 7.50. The summed E-state index contributed by atoms with van der Waals surface area (Å²) in [7, 11) is 0. The number of rotatable bonds is 0. The maximum absolute atomic E-state index is 2.20. The first-order chi connectivity index (χ1) is 9.11. The number of hydrogen-bond acceptors (Lipinski definition) is 0. The Morgan fingerprint density at radius 1 is 0.478 bits per heavy atom. The van der Waals surface area contributed by atoms with Gasteiger partial charge < -0.3 is 42.7 Å². The molecular formula is C22H36Zr-8. The molecule has 0 saturated heterocycles. The van der Waals surface area contributed by atoms with Gasteiger partial charge >= 0.3 is 0 Å². The molecule has 0 radical (unpaired) electrons. The zero-order chi connectivity index (χ0) is 15.8. The summed E-state index contributed by atoms with van der Waals surface area (Å²) in [5.74, 6) is 0. The third-order valence-electron chi connectivity index (χ3n) is 5.62. The summed E-state index contributed by atoms with van der Waals surface area (Å²) in [6, 6.07) is 0. The van der Waals surface area contributed by atoms with Crippen LogP contribution in [0.1, 0.15) is 55.6 Å². The normalized spacial score (nSPS) is 9.13. The maximum Gasteiger partial charge on any atom is 0 e. The Balaban J connectivity index is -0.000000308. The van der Waals surface area contributed by atoms with Gasteiger partial charge in [0.1, 0.15) is 0 Å². The Morgan fingerprint density at radius 2 is 0.652 bits per heavy atom. The van der Waals surface area contributed by atoms with Crippen LogP contribution in [0, 0.1) is 84.1 Å². The summed E-state index contributed by atoms with van der Waals surface area (Å²) >= 11 is 0. The van der Waals surface area contributed by atoms with Crippen molar-refractivity contribution >= 4 is 0 Å². The molecule has 0 atom stereocenters. The molecule has 0 amide bonds. The molecule has 0 aliphatic carbocycles. The van der Waals surface area contributed by atoms with Crippen molar-refractivity contribution in [1.29, 1.82) is 0 Å². The molecule has 0 nitrogen and oxygen atoms in total. The van der Waals surface area contributed by atoms with E-state index in [2.05, 4.69) is 69.2 Å². The third kappa shape index (κ3) is 5.28. The fourth-order valence-electron chi connectivity index (χ4n) is 2.81. The van der Waals surface area contributed by atoms with Crippen LogP contribution in [0.2, 0.25) is 0 Å². The summed E-state index contributed by atoms with van der Waals surface area (Å²) in [6.45, 7) is 22.0. The molecule has 0 heterocycles. The molecule has 1 heteroatoms. The molecule has 2 rings (SSSR count). The largest absolute Gasteiger partial charge is 0.731 e. The van der Waals surface area contributed by atoms with Gasteiger partial charge in [0.25, 0.3) is 0 Å². The zero-order valence-corrected chi connectivity index (χ0v) is 20.0. The van der Waals surface area contributed by atoms with Crippen molar-refractivity contribution in [3.63, 3.8) is 0 Å². The van der Waals surface area contributed by atoms with Gasteiger partial charge in [-0.1, -0.05) is 34.6 Å². The molecule has 136 valence electrons. The summed E-state index contributed by atoms with van der Waals surface area (Å²) in [6.07, 6.45) is 0. The molecule has 0 fully saturated rings. The van der Waals surface area contributed by atoms with Gasteiger partial charge in [-0.15, -0.1) is 0 Å². The second kappa shape index (κ2) is 10.4. The third-order valence-corrected chi connectivity index (χ3v) is 5.62. The second-order valence-electron chi connectivity index (χ2n) is 6.25. The van der Waals surface area contributed by atoms with E-state index < -0.39 is 0 Å². The minimum Gasteiger partial charge on any atom is -0.731 e. The fourth-order valence-corrected chi connectivity index (χ4v) is 2.81. The monoisotopic (exact) mass is 390 g/mol. The Bertz CT molecular complexity index is 405. The van der Waals surface area contributed by atoms with Crippen LogP contribution in [0.4, 0.5) is 0 Å². The topological polar surface area (TPSA) is 0 Å². The minimum absolute atomic E-state index is 0. The summed E-state index contributed by atoms with van der Waals surface area (Å²) < 4.78 is 0. The predicted octanol–water partition coefficient (Wildman–Crippen LogP) is 6.79. The fraction of sp³-hybridized carbons (Fsp3) is 0.455. The van der Waals surface area contributed by atoms with Gasteiger partial charge in [-0.05, 0) is 0 Å². The Labute approximate surface area is 165 Å². The first kappa shape index (κ1) is 27.4. The maximum atomic E-state index is 2.20. The predicted molar refractivity (Wildman–Crippen MR) is 104 cm³/mol. The van der Waals surface area contributed by atoms with Crippen LogP contribution in [0.15, 0.2) is 0 Å². The first-order valence-corrected chi connectivity index (χ1v) is 7.50. The smallest absolute Gasteiger partial charge is 0 e. The van der Waals surface area contributed by atoms with Crippen molar-refractivity contribution < 1.29 is 26.2 Å². The van der Waals surface area contributed by atoms with Crippen molar-refractivity contribution in [2.45, 2.75) is 69.2 Å². The van der Waals surface area contributed by atoms with Crippen molar-refractivity contribution in [1.82, 2.24) is 0 Å². The average Bonchev–Trinajstić information content (AvgIpc) is 2.71. The summed E-state index contributed by atoms with van der Waals surface area (Å²) in [5, 5.41) is 0. The standard InChI is InChI=1S/2C10H15.2CH3.Zr/c2*1-6-7(2)9(4)10(5)8(6)3;;;/h2*1-5H3;2*1H3;/q-5;3*-1;. The van der Waals surface area contributed by atoms with Crippen LogP contribution in [-0.2, 0) is 26.2 Å². The van der Waals surface area contributed by atoms with E-state index in [-0.39, 0.29) is 41.1 Å². The van der Waals surface area contributed by atoms with Gasteiger partial charge in [-0.3, -0.25) is 0 Å². The number of hydrogen-bond donors (Lipinski definition) is 0. The summed E-state index contributed by atoms with van der Waals surface area (Å²) in [4.78, 5) is 0. The minimum atomic E-state index is 0. The molecule has 23 heavy (non-hydrogen) atoms. The van der Waals surface area contributed by atoms with Gasteiger partial charge in [0.15, 0.2) is 0 Å². The van der Waals surface area contributed by atoms with Crippen molar-refractivity contribution in [3.05, 3.63) is 70.5 Å². The van der Waals surface area contributed by atoms with Crippen LogP contribution in [-0.4, -0.2) is 0 Å². The van der Waals surface area contributed by atoms with Gasteiger partial charge in [-0.2, -0.15) is 27.8 Å². The van der Waals surface area contributed by atoms with Crippen molar-refractivity contribution in [2.24, 2.45) is 0 Å². The SMILES string of the molecule is C[c-]1[c-](C)[c-](C)[c-](C)[c-]1C.Cc1c(C)c(C)[c-](C)c1C.[CH3-].[CH3-].[Zr]. The molecule has 0 aromatic heterocycles. The van der Waals surface area contributed by atoms with Crippen LogP contribution in [0.25, 0.3) is 0 Å². The van der Waals surface area contributed by atoms with E-state index in [4.69, 9.17) is 0 Å². The molecule has 0 N–H and O–H groups in total. The summed E-state index contributed by atoms with van der Waals surface area (Å²) in [5.41, 5.74) is 14.7. The van der Waals surface area contributed by atoms with Gasteiger partial charge in [0.2, 0.25) is 0 Å². The average molecular weight is 392 g/mol. The van der Waals surface area contributed by atoms with Gasteiger partial charge in [0, 0.05) is 26.2 Å². The Morgan fingerprint density at radius 3 is 0.739 bits per heavy atom. The second-order valence-corrected chi connectivity index (χ2v) is 6.25.